The molecule has 8 bridgehead atoms. The summed E-state index contributed by atoms with van der Waals surface area (Å²) in [7, 11) is 9.40. The Morgan fingerprint density at radius 2 is 1.00 bits per heavy atom. The molecule has 4 aromatic rings. The van der Waals surface area contributed by atoms with Crippen molar-refractivity contribution in [1.82, 2.24) is 5.69 Å². The molecule has 6 aliphatic rings. The fraction of sp³-hybridized carbons (Fsp3) is 0.176. The van der Waals surface area contributed by atoms with Gasteiger partial charge in [-0.3, -0.25) is 0 Å². The first kappa shape index (κ1) is 27.3. The van der Waals surface area contributed by atoms with Gasteiger partial charge in [-0.1, -0.05) is 0 Å². The zero-order chi connectivity index (χ0) is 27.8. The van der Waals surface area contributed by atoms with Crippen molar-refractivity contribution < 1.29 is 20.8 Å². The van der Waals surface area contributed by atoms with Gasteiger partial charge >= 0.3 is 266 Å². The van der Waals surface area contributed by atoms with Crippen molar-refractivity contribution in [2.24, 2.45) is 0 Å². The first-order valence-corrected chi connectivity index (χ1v) is 21.0. The summed E-state index contributed by atoms with van der Waals surface area (Å²) in [5.74, 6) is 0. The molecule has 2 nitrogen and oxygen atoms in total. The molecule has 4 aromatic carbocycles. The van der Waals surface area contributed by atoms with Gasteiger partial charge < -0.3 is 0 Å². The van der Waals surface area contributed by atoms with Crippen molar-refractivity contribution in [3.8, 4) is 0 Å². The first-order valence-electron chi connectivity index (χ1n) is 13.5. The van der Waals surface area contributed by atoms with Crippen LogP contribution in [0, 0.1) is 0 Å². The average Bonchev–Trinajstić information content (AvgIpc) is 3.50. The third kappa shape index (κ3) is 4.05. The predicted molar refractivity (Wildman–Crippen MR) is 174 cm³/mol. The molecule has 200 valence electrons. The molecule has 0 aromatic heterocycles. The average molecular weight is 750 g/mol. The van der Waals surface area contributed by atoms with Gasteiger partial charge in [0.2, 0.25) is 0 Å². The number of allylic oxidation sites excluding steroid dienone is 2. The van der Waals surface area contributed by atoms with Gasteiger partial charge in [0.25, 0.3) is 0 Å². The van der Waals surface area contributed by atoms with Crippen LogP contribution in [-0.4, -0.2) is 33.9 Å². The van der Waals surface area contributed by atoms with Crippen LogP contribution in [0.3, 0.4) is 0 Å². The van der Waals surface area contributed by atoms with E-state index >= 15 is 0 Å². The van der Waals surface area contributed by atoms with Crippen molar-refractivity contribution in [3.05, 3.63) is 127 Å². The topological polar surface area (TPSA) is 6.48 Å². The number of nitrogens with zero attached hydrogens (tertiary/aromatic N) is 2. The van der Waals surface area contributed by atoms with Crippen molar-refractivity contribution in [2.45, 2.75) is 17.0 Å². The molecule has 6 heteroatoms. The zero-order valence-electron chi connectivity index (χ0n) is 23.0. The Kier molecular flexibility index (Phi) is 7.05. The van der Waals surface area contributed by atoms with Crippen LogP contribution >= 0.6 is 43.6 Å². The molecule has 4 heterocycles. The molecule has 0 N–H and O–H groups in total. The Hall–Kier alpha value is -1.53. The molecule has 2 unspecified atom stereocenters. The Balaban J connectivity index is 1.64. The number of benzene rings is 4. The van der Waals surface area contributed by atoms with Crippen LogP contribution in [0.1, 0.15) is 40.6 Å². The van der Waals surface area contributed by atoms with Crippen molar-refractivity contribution >= 4 is 66.9 Å². The fourth-order valence-corrected chi connectivity index (χ4v) is 26.1. The summed E-state index contributed by atoms with van der Waals surface area (Å²) < 4.78 is 8.37. The second-order valence-electron chi connectivity index (χ2n) is 11.3. The molecule has 40 heavy (non-hydrogen) atoms. The van der Waals surface area contributed by atoms with Crippen molar-refractivity contribution in [2.75, 3.05) is 28.2 Å². The molecule has 2 aliphatic carbocycles. The molecule has 0 fully saturated rings. The summed E-state index contributed by atoms with van der Waals surface area (Å²) in [6.07, 6.45) is 4.99. The first-order chi connectivity index (χ1) is 19.3. The Labute approximate surface area is 263 Å². The number of halogens is 2. The van der Waals surface area contributed by atoms with Crippen molar-refractivity contribution in [3.63, 3.8) is 0 Å². The Morgan fingerprint density at radius 3 is 1.38 bits per heavy atom. The maximum absolute atomic E-state index is 4.12. The van der Waals surface area contributed by atoms with Crippen LogP contribution in [-0.2, 0) is 20.8 Å². The van der Waals surface area contributed by atoms with E-state index in [0.29, 0.717) is 0 Å². The van der Waals surface area contributed by atoms with E-state index in [2.05, 4.69) is 163 Å². The second-order valence-corrected chi connectivity index (χ2v) is 25.2. The van der Waals surface area contributed by atoms with Gasteiger partial charge in [-0.25, -0.2) is 0 Å². The van der Waals surface area contributed by atoms with Gasteiger partial charge in [-0.2, -0.15) is 0 Å². The van der Waals surface area contributed by atoms with Crippen LogP contribution in [0.15, 0.2) is 104 Å². The van der Waals surface area contributed by atoms with Crippen LogP contribution in [0.5, 0.6) is 0 Å². The normalized spacial score (nSPS) is 20.1. The van der Waals surface area contributed by atoms with E-state index in [9.17, 15) is 0 Å². The summed E-state index contributed by atoms with van der Waals surface area (Å²) in [6, 6.07) is 31.7. The predicted octanol–water partition coefficient (Wildman–Crippen LogP) is 9.67. The van der Waals surface area contributed by atoms with E-state index in [0.717, 1.165) is 0 Å². The molecule has 0 saturated carbocycles. The van der Waals surface area contributed by atoms with Gasteiger partial charge in [-0.05, 0) is 0 Å². The van der Waals surface area contributed by atoms with Gasteiger partial charge in [0.05, 0.1) is 0 Å². The Bertz CT molecular complexity index is 1590. The van der Waals surface area contributed by atoms with Crippen LogP contribution < -0.4 is 0 Å². The minimum atomic E-state index is -3.82. The Morgan fingerprint density at radius 1 is 0.600 bits per heavy atom. The van der Waals surface area contributed by atoms with Crippen LogP contribution in [0.4, 0.5) is 0 Å². The molecular formula is C34H30Br2N2SZr. The fourth-order valence-electron chi connectivity index (χ4n) is 7.38. The van der Waals surface area contributed by atoms with E-state index in [1.54, 1.807) is 0 Å². The van der Waals surface area contributed by atoms with E-state index < -0.39 is 20.8 Å². The quantitative estimate of drug-likeness (QED) is 0.205. The maximum atomic E-state index is 4.12. The van der Waals surface area contributed by atoms with Gasteiger partial charge in [0, 0.05) is 0 Å². The zero-order valence-corrected chi connectivity index (χ0v) is 29.4. The number of hydrogen-bond donors (Lipinski definition) is 0. The molecule has 0 amide bonds. The van der Waals surface area contributed by atoms with Gasteiger partial charge in [-0.15, -0.1) is 0 Å². The molecule has 2 atom stereocenters. The van der Waals surface area contributed by atoms with E-state index in [1.807, 2.05) is 11.8 Å². The molecule has 0 saturated heterocycles. The number of rotatable bonds is 4. The summed E-state index contributed by atoms with van der Waals surface area (Å²) in [4.78, 5) is 2.53. The molecule has 10 rings (SSSR count). The summed E-state index contributed by atoms with van der Waals surface area (Å²) in [5.41, 5.74) is 11.1. The van der Waals surface area contributed by atoms with Gasteiger partial charge in [0.15, 0.2) is 0 Å². The molecule has 0 radical (unpaired) electrons. The molecule has 0 spiro atoms. The van der Waals surface area contributed by atoms with E-state index in [-0.39, 0.29) is 7.25 Å². The summed E-state index contributed by atoms with van der Waals surface area (Å²) in [5, 5.41) is 0. The summed E-state index contributed by atoms with van der Waals surface area (Å²) in [6.45, 7) is 0. The molecule has 4 aliphatic heterocycles. The second kappa shape index (κ2) is 10.3. The van der Waals surface area contributed by atoms with E-state index in [1.165, 1.54) is 63.3 Å². The molecular weight excluding hydrogens is 719 g/mol. The SMILES string of the molecule is C[N](C)[Zr]1([N](C)C)[CH]2C(c3ccccc3)=Cc3cc(cc(Br)c32)Sc2cc(Br)c3c(c2)C=C(c2ccccc2)[CH]31. The minimum absolute atomic E-state index is 0.277. The van der Waals surface area contributed by atoms with Crippen molar-refractivity contribution in [1.29, 1.82) is 0 Å². The third-order valence-corrected chi connectivity index (χ3v) is 25.2. The van der Waals surface area contributed by atoms with Gasteiger partial charge in [0.1, 0.15) is 0 Å². The number of hydrogen-bond acceptors (Lipinski definition) is 3. The standard InChI is InChI=1S/C30H18Br2S.2C2H6N.Zr/c31-29-17-25(13-23-11-21(15-27(23)29)19-7-3-1-4-8-19)33-26-14-24-12-22(16-28(24)30(32)18-26)20-9-5-2-6-10-20;2*1-3-2;/h1-18H;2*1-2H3;/q;2*-1;+2. The van der Waals surface area contributed by atoms with Crippen LogP contribution in [0.25, 0.3) is 23.3 Å². The van der Waals surface area contributed by atoms with E-state index in [4.69, 9.17) is 0 Å². The monoisotopic (exact) mass is 746 g/mol. The third-order valence-electron chi connectivity index (χ3n) is 8.82. The van der Waals surface area contributed by atoms with Crippen LogP contribution in [0.2, 0.25) is 0 Å². The summed E-state index contributed by atoms with van der Waals surface area (Å²) >= 11 is 6.28.